The molecule has 43 heavy (non-hydrogen) atoms. The molecule has 3 aromatic rings. The third kappa shape index (κ3) is 6.64. The smallest absolute Gasteiger partial charge is 0.342 e. The largest absolute Gasteiger partial charge is 0.416 e. The molecule has 5 rings (SSSR count). The fourth-order valence-electron chi connectivity index (χ4n) is 5.03. The van der Waals surface area contributed by atoms with Crippen LogP contribution in [-0.4, -0.2) is 29.3 Å². The van der Waals surface area contributed by atoms with Crippen LogP contribution in [0.2, 0.25) is 5.02 Å². The van der Waals surface area contributed by atoms with Crippen LogP contribution < -0.4 is 15.5 Å². The zero-order valence-corrected chi connectivity index (χ0v) is 23.0. The summed E-state index contributed by atoms with van der Waals surface area (Å²) in [7, 11) is 0. The molecule has 0 aromatic heterocycles. The maximum absolute atomic E-state index is 13.8. The summed E-state index contributed by atoms with van der Waals surface area (Å²) in [4.78, 5) is 41.0. The van der Waals surface area contributed by atoms with Crippen molar-refractivity contribution in [2.45, 2.75) is 56.2 Å². The molecule has 2 N–H and O–H groups in total. The Morgan fingerprint density at radius 3 is 2.09 bits per heavy atom. The normalized spacial score (nSPS) is 18.0. The van der Waals surface area contributed by atoms with Gasteiger partial charge in [-0.15, -0.1) is 0 Å². The first-order valence-corrected chi connectivity index (χ1v) is 13.6. The Morgan fingerprint density at radius 1 is 0.907 bits per heavy atom. The van der Waals surface area contributed by atoms with Crippen LogP contribution in [0.5, 0.6) is 0 Å². The Kier molecular flexibility index (Phi) is 7.93. The van der Waals surface area contributed by atoms with E-state index in [9.17, 15) is 40.7 Å². The van der Waals surface area contributed by atoms with Gasteiger partial charge in [0.15, 0.2) is 0 Å². The minimum Gasteiger partial charge on any atom is -0.342 e. The van der Waals surface area contributed by atoms with Crippen molar-refractivity contribution in [1.29, 1.82) is 0 Å². The van der Waals surface area contributed by atoms with Gasteiger partial charge in [-0.3, -0.25) is 14.4 Å². The Hall–Kier alpha value is -4.06. The summed E-state index contributed by atoms with van der Waals surface area (Å²) in [6.07, 6.45) is -9.06. The van der Waals surface area contributed by atoms with Crippen molar-refractivity contribution in [3.05, 3.63) is 99.6 Å². The number of nitrogens with zero attached hydrogens (tertiary/aromatic N) is 1. The number of fused-ring (bicyclic) bond motifs is 1. The number of benzene rings is 3. The minimum absolute atomic E-state index is 0.0259. The summed E-state index contributed by atoms with van der Waals surface area (Å²) in [5.74, 6) is -1.84. The fraction of sp³-hybridized carbons (Fsp3) is 0.300. The third-order valence-electron chi connectivity index (χ3n) is 7.49. The predicted octanol–water partition coefficient (Wildman–Crippen LogP) is 6.30. The van der Waals surface area contributed by atoms with Gasteiger partial charge < -0.3 is 15.5 Å². The second kappa shape index (κ2) is 11.2. The van der Waals surface area contributed by atoms with Gasteiger partial charge in [0.05, 0.1) is 17.7 Å². The lowest BCUT2D eigenvalue weighted by Gasteiger charge is -2.28. The molecule has 1 aliphatic heterocycles. The van der Waals surface area contributed by atoms with E-state index in [1.54, 1.807) is 24.3 Å². The lowest BCUT2D eigenvalue weighted by atomic mass is 10.0. The molecular formula is C30H24ClF6N3O3. The van der Waals surface area contributed by atoms with E-state index >= 15 is 0 Å². The van der Waals surface area contributed by atoms with Crippen molar-refractivity contribution in [2.75, 3.05) is 4.90 Å². The zero-order valence-electron chi connectivity index (χ0n) is 22.3. The van der Waals surface area contributed by atoms with Gasteiger partial charge in [0.25, 0.3) is 5.91 Å². The van der Waals surface area contributed by atoms with Gasteiger partial charge in [-0.2, -0.15) is 26.3 Å². The van der Waals surface area contributed by atoms with Crippen molar-refractivity contribution in [3.63, 3.8) is 0 Å². The van der Waals surface area contributed by atoms with E-state index in [0.717, 1.165) is 4.90 Å². The average Bonchev–Trinajstić information content (AvgIpc) is 3.74. The standard InChI is InChI=1S/C30H24ClF6N3O3/c31-22-8-5-19(6-9-22)25(41)39-28(11-12-28)27(43)38-23-10-7-18-3-1-2-4-24(18)40(26(23)42)16-17-13-20(29(32,33)34)15-21(14-17)30(35,36)37/h1-6,8-9,13-15,23H,7,10-12,16H2,(H,38,43)(H,39,41). The van der Waals surface area contributed by atoms with Gasteiger partial charge in [0, 0.05) is 16.3 Å². The topological polar surface area (TPSA) is 78.5 Å². The van der Waals surface area contributed by atoms with Crippen molar-refractivity contribution < 1.29 is 40.7 Å². The molecule has 0 saturated heterocycles. The molecule has 1 saturated carbocycles. The number of rotatable bonds is 6. The van der Waals surface area contributed by atoms with E-state index < -0.39 is 59.3 Å². The number of para-hydroxylation sites is 1. The second-order valence-electron chi connectivity index (χ2n) is 10.6. The maximum Gasteiger partial charge on any atom is 0.416 e. The number of hydrogen-bond acceptors (Lipinski definition) is 3. The van der Waals surface area contributed by atoms with Gasteiger partial charge in [0.2, 0.25) is 11.8 Å². The summed E-state index contributed by atoms with van der Waals surface area (Å²) in [6.45, 7) is -0.604. The van der Waals surface area contributed by atoms with Gasteiger partial charge in [0.1, 0.15) is 11.6 Å². The molecule has 226 valence electrons. The summed E-state index contributed by atoms with van der Waals surface area (Å²) in [5, 5.41) is 5.80. The summed E-state index contributed by atoms with van der Waals surface area (Å²) >= 11 is 5.87. The molecule has 13 heteroatoms. The quantitative estimate of drug-likeness (QED) is 0.316. The van der Waals surface area contributed by atoms with E-state index in [4.69, 9.17) is 11.6 Å². The molecule has 1 unspecified atom stereocenters. The van der Waals surface area contributed by atoms with Crippen LogP contribution in [-0.2, 0) is 34.9 Å². The van der Waals surface area contributed by atoms with Gasteiger partial charge in [-0.1, -0.05) is 29.8 Å². The van der Waals surface area contributed by atoms with Crippen LogP contribution in [0.4, 0.5) is 32.0 Å². The highest BCUT2D eigenvalue weighted by molar-refractivity contribution is 6.30. The fourth-order valence-corrected chi connectivity index (χ4v) is 5.15. The van der Waals surface area contributed by atoms with E-state index in [2.05, 4.69) is 10.6 Å². The van der Waals surface area contributed by atoms with Crippen LogP contribution in [0.1, 0.15) is 51.9 Å². The number of carbonyl (C=O) groups excluding carboxylic acids is 3. The van der Waals surface area contributed by atoms with Crippen molar-refractivity contribution in [2.24, 2.45) is 0 Å². The predicted molar refractivity (Wildman–Crippen MR) is 145 cm³/mol. The Morgan fingerprint density at radius 2 is 1.51 bits per heavy atom. The van der Waals surface area contributed by atoms with Crippen LogP contribution in [0.15, 0.2) is 66.7 Å². The summed E-state index contributed by atoms with van der Waals surface area (Å²) in [5.41, 5.74) is -3.42. The first-order chi connectivity index (χ1) is 20.2. The van der Waals surface area contributed by atoms with E-state index in [1.807, 2.05) is 0 Å². The zero-order chi connectivity index (χ0) is 31.2. The molecule has 1 fully saturated rings. The first kappa shape index (κ1) is 30.4. The molecule has 2 aliphatic rings. The highest BCUT2D eigenvalue weighted by Gasteiger charge is 2.52. The number of alkyl halides is 6. The van der Waals surface area contributed by atoms with Crippen LogP contribution >= 0.6 is 11.6 Å². The molecule has 0 spiro atoms. The van der Waals surface area contributed by atoms with Gasteiger partial charge in [-0.05, 0) is 85.3 Å². The number of anilines is 1. The van der Waals surface area contributed by atoms with Gasteiger partial charge in [-0.25, -0.2) is 0 Å². The number of nitrogens with one attached hydrogen (secondary N) is 2. The second-order valence-corrected chi connectivity index (χ2v) is 11.0. The molecule has 0 radical (unpaired) electrons. The highest BCUT2D eigenvalue weighted by atomic mass is 35.5. The molecule has 6 nitrogen and oxygen atoms in total. The molecule has 1 atom stereocenters. The Balaban J connectivity index is 1.41. The SMILES string of the molecule is O=C(NC1(C(=O)NC2CCc3ccccc3N(Cc3cc(C(F)(F)F)cc(C(F)(F)F)c3)C2=O)CC1)c1ccc(Cl)cc1. The number of carbonyl (C=O) groups is 3. The molecule has 3 aromatic carbocycles. The van der Waals surface area contributed by atoms with Crippen molar-refractivity contribution >= 4 is 35.0 Å². The van der Waals surface area contributed by atoms with E-state index in [1.165, 1.54) is 24.3 Å². The highest BCUT2D eigenvalue weighted by Crippen LogP contribution is 2.39. The monoisotopic (exact) mass is 623 g/mol. The van der Waals surface area contributed by atoms with Crippen molar-refractivity contribution in [1.82, 2.24) is 10.6 Å². The average molecular weight is 624 g/mol. The number of halogens is 7. The Labute approximate surface area is 247 Å². The lowest BCUT2D eigenvalue weighted by Crippen LogP contribution is -2.55. The number of hydrogen-bond donors (Lipinski definition) is 2. The summed E-state index contributed by atoms with van der Waals surface area (Å²) in [6, 6.07) is 12.6. The number of aryl methyl sites for hydroxylation is 1. The third-order valence-corrected chi connectivity index (χ3v) is 7.74. The Bertz CT molecular complexity index is 1540. The van der Waals surface area contributed by atoms with Crippen LogP contribution in [0.3, 0.4) is 0 Å². The van der Waals surface area contributed by atoms with Crippen LogP contribution in [0.25, 0.3) is 0 Å². The molecule has 0 bridgehead atoms. The maximum atomic E-state index is 13.8. The van der Waals surface area contributed by atoms with E-state index in [-0.39, 0.29) is 23.6 Å². The molecule has 1 aliphatic carbocycles. The van der Waals surface area contributed by atoms with Crippen LogP contribution in [0, 0.1) is 0 Å². The van der Waals surface area contributed by atoms with E-state index in [0.29, 0.717) is 47.7 Å². The molecule has 3 amide bonds. The molecule has 1 heterocycles. The van der Waals surface area contributed by atoms with Crippen molar-refractivity contribution in [3.8, 4) is 0 Å². The van der Waals surface area contributed by atoms with Gasteiger partial charge >= 0.3 is 12.4 Å². The number of amides is 3. The minimum atomic E-state index is -5.05. The first-order valence-electron chi connectivity index (χ1n) is 13.2. The summed E-state index contributed by atoms with van der Waals surface area (Å²) < 4.78 is 81.0. The molecular weight excluding hydrogens is 600 g/mol. The lowest BCUT2D eigenvalue weighted by molar-refractivity contribution is -0.143.